The minimum atomic E-state index is -0.683. The lowest BCUT2D eigenvalue weighted by atomic mass is 9.94. The van der Waals surface area contributed by atoms with Crippen molar-refractivity contribution in [3.8, 4) is 6.07 Å². The van der Waals surface area contributed by atoms with Gasteiger partial charge in [0.15, 0.2) is 0 Å². The fourth-order valence-electron chi connectivity index (χ4n) is 4.24. The molecule has 2 N–H and O–H groups in total. The molecule has 8 heteroatoms. The van der Waals surface area contributed by atoms with E-state index in [1.165, 1.54) is 11.8 Å². The number of nitrogens with zero attached hydrogens (tertiary/aromatic N) is 4. The van der Waals surface area contributed by atoms with E-state index in [1.807, 2.05) is 37.3 Å². The van der Waals surface area contributed by atoms with Gasteiger partial charge in [-0.3, -0.25) is 4.79 Å². The van der Waals surface area contributed by atoms with Crippen LogP contribution in [0.5, 0.6) is 0 Å². The number of rotatable bonds is 6. The average molecular weight is 434 g/mol. The first kappa shape index (κ1) is 21.2. The topological polar surface area (TPSA) is 96.6 Å². The molecule has 0 aliphatic carbocycles. The second kappa shape index (κ2) is 8.58. The van der Waals surface area contributed by atoms with Gasteiger partial charge in [0.2, 0.25) is 11.6 Å². The number of thioether (sulfide) groups is 1. The van der Waals surface area contributed by atoms with Crippen LogP contribution >= 0.6 is 11.8 Å². The summed E-state index contributed by atoms with van der Waals surface area (Å²) in [6, 6.07) is 11.4. The zero-order valence-electron chi connectivity index (χ0n) is 17.3. The Morgan fingerprint density at radius 2 is 2.19 bits per heavy atom. The van der Waals surface area contributed by atoms with Gasteiger partial charge < -0.3 is 15.4 Å². The highest BCUT2D eigenvalue weighted by Crippen LogP contribution is 2.45. The molecule has 158 valence electrons. The number of carbonyl (C=O) groups is 1. The molecule has 2 aliphatic heterocycles. The average Bonchev–Trinajstić information content (AvgIpc) is 3.23. The number of nitrogens with two attached hydrogens (primary N) is 1. The molecule has 7 nitrogen and oxygen atoms in total. The van der Waals surface area contributed by atoms with Gasteiger partial charge in [0.1, 0.15) is 22.2 Å². The fraction of sp³-hybridized carbons (Fsp3) is 0.391. The molecule has 2 unspecified atom stereocenters. The number of hydrogen-bond donors (Lipinski definition) is 1. The second-order valence-corrected chi connectivity index (χ2v) is 8.88. The number of hydrogen-bond acceptors (Lipinski definition) is 6. The molecule has 0 bridgehead atoms. The smallest absolute Gasteiger partial charge is 0.235 e. The number of aromatic nitrogens is 1. The summed E-state index contributed by atoms with van der Waals surface area (Å²) in [5, 5.41) is 9.65. The van der Waals surface area contributed by atoms with Crippen LogP contribution in [-0.2, 0) is 16.0 Å². The van der Waals surface area contributed by atoms with Crippen molar-refractivity contribution in [1.82, 2.24) is 4.98 Å². The van der Waals surface area contributed by atoms with E-state index in [2.05, 4.69) is 15.8 Å². The molecular formula is C23H23N5O2S. The van der Waals surface area contributed by atoms with E-state index in [0.29, 0.717) is 40.6 Å². The highest BCUT2D eigenvalue weighted by molar-refractivity contribution is 8.00. The molecule has 0 saturated carbocycles. The highest BCUT2D eigenvalue weighted by atomic mass is 32.2. The van der Waals surface area contributed by atoms with Gasteiger partial charge in [-0.25, -0.2) is 9.83 Å². The zero-order valence-corrected chi connectivity index (χ0v) is 18.1. The van der Waals surface area contributed by atoms with Crippen LogP contribution in [0.15, 0.2) is 35.4 Å². The van der Waals surface area contributed by atoms with E-state index < -0.39 is 11.2 Å². The Kier molecular flexibility index (Phi) is 5.86. The largest absolute Gasteiger partial charge is 0.373 e. The molecule has 1 aromatic carbocycles. The number of carbonyl (C=O) groups excluding carboxylic acids is 1. The van der Waals surface area contributed by atoms with E-state index in [0.717, 1.165) is 31.6 Å². The van der Waals surface area contributed by atoms with E-state index >= 15 is 0 Å². The Balaban J connectivity index is 1.79. The Morgan fingerprint density at radius 3 is 2.71 bits per heavy atom. The minimum absolute atomic E-state index is 0.144. The van der Waals surface area contributed by atoms with Gasteiger partial charge in [0, 0.05) is 19.5 Å². The highest BCUT2D eigenvalue weighted by Gasteiger charge is 2.45. The first-order valence-electron chi connectivity index (χ1n) is 10.3. The Labute approximate surface area is 186 Å². The SMILES string of the molecule is [C-]#[N+]c1c(N2CCC3(CCO3)C2)nc(SC(C(N)=O)c2ccccc2)c(C#N)c1CC. The van der Waals surface area contributed by atoms with Crippen molar-refractivity contribution < 1.29 is 9.53 Å². The zero-order chi connectivity index (χ0) is 22.0. The number of primary amides is 1. The molecule has 31 heavy (non-hydrogen) atoms. The van der Waals surface area contributed by atoms with Crippen LogP contribution in [0, 0.1) is 17.9 Å². The van der Waals surface area contributed by atoms with Crippen LogP contribution in [-0.4, -0.2) is 36.2 Å². The van der Waals surface area contributed by atoms with Crippen LogP contribution < -0.4 is 10.6 Å². The normalized spacial score (nSPS) is 20.7. The molecule has 3 heterocycles. The lowest BCUT2D eigenvalue weighted by molar-refractivity contribution is -0.130. The van der Waals surface area contributed by atoms with Gasteiger partial charge >= 0.3 is 0 Å². The molecule has 2 atom stereocenters. The van der Waals surface area contributed by atoms with Crippen molar-refractivity contribution in [2.45, 2.75) is 42.1 Å². The predicted octanol–water partition coefficient (Wildman–Crippen LogP) is 3.75. The van der Waals surface area contributed by atoms with Crippen LogP contribution in [0.4, 0.5) is 11.5 Å². The van der Waals surface area contributed by atoms with Crippen molar-refractivity contribution in [1.29, 1.82) is 5.26 Å². The summed E-state index contributed by atoms with van der Waals surface area (Å²) in [5.41, 5.74) is 7.74. The van der Waals surface area contributed by atoms with Crippen LogP contribution in [0.25, 0.3) is 4.85 Å². The standard InChI is InChI=1S/C23H23N5O2S/c1-3-16-17(13-24)22(31-19(20(25)29)15-7-5-4-6-8-15)27-21(18(16)26-2)28-11-9-23(14-28)10-12-30-23/h4-8,19H,3,9-12,14H2,1H3,(H2,25,29). The number of nitriles is 1. The molecule has 2 aliphatic rings. The minimum Gasteiger partial charge on any atom is -0.373 e. The van der Waals surface area contributed by atoms with E-state index in [-0.39, 0.29) is 5.60 Å². The summed E-state index contributed by atoms with van der Waals surface area (Å²) in [4.78, 5) is 22.9. The van der Waals surface area contributed by atoms with Crippen LogP contribution in [0.1, 0.15) is 41.7 Å². The van der Waals surface area contributed by atoms with Crippen molar-refractivity contribution in [3.63, 3.8) is 0 Å². The second-order valence-electron chi connectivity index (χ2n) is 7.78. The lowest BCUT2D eigenvalue weighted by Crippen LogP contribution is -2.46. The molecular weight excluding hydrogens is 410 g/mol. The number of amides is 1. The summed E-state index contributed by atoms with van der Waals surface area (Å²) in [7, 11) is 0. The third kappa shape index (κ3) is 3.85. The van der Waals surface area contributed by atoms with Gasteiger partial charge in [0.05, 0.1) is 24.3 Å². The molecule has 1 spiro atoms. The first-order chi connectivity index (χ1) is 15.0. The number of pyridine rings is 1. The quantitative estimate of drug-likeness (QED) is 0.550. The maximum atomic E-state index is 12.3. The molecule has 0 radical (unpaired) electrons. The maximum Gasteiger partial charge on any atom is 0.235 e. The Bertz CT molecular complexity index is 1090. The van der Waals surface area contributed by atoms with E-state index in [4.69, 9.17) is 22.0 Å². The molecule has 1 amide bonds. The van der Waals surface area contributed by atoms with Gasteiger partial charge in [-0.1, -0.05) is 49.0 Å². The first-order valence-corrected chi connectivity index (χ1v) is 11.1. The number of anilines is 1. The van der Waals surface area contributed by atoms with Crippen molar-refractivity contribution in [2.24, 2.45) is 5.73 Å². The third-order valence-electron chi connectivity index (χ3n) is 5.97. The summed E-state index contributed by atoms with van der Waals surface area (Å²) in [6.45, 7) is 11.9. The molecule has 2 aromatic rings. The van der Waals surface area contributed by atoms with Crippen molar-refractivity contribution in [2.75, 3.05) is 24.6 Å². The fourth-order valence-corrected chi connectivity index (χ4v) is 5.30. The van der Waals surface area contributed by atoms with Gasteiger partial charge in [0.25, 0.3) is 0 Å². The van der Waals surface area contributed by atoms with E-state index in [9.17, 15) is 10.1 Å². The lowest BCUT2D eigenvalue weighted by Gasteiger charge is -2.38. The number of ether oxygens (including phenoxy) is 1. The third-order valence-corrected chi connectivity index (χ3v) is 7.23. The summed E-state index contributed by atoms with van der Waals surface area (Å²) in [6.07, 6.45) is 2.42. The Morgan fingerprint density at radius 1 is 1.45 bits per heavy atom. The monoisotopic (exact) mass is 433 g/mol. The van der Waals surface area contributed by atoms with Crippen LogP contribution in [0.3, 0.4) is 0 Å². The van der Waals surface area contributed by atoms with Crippen molar-refractivity contribution >= 4 is 29.2 Å². The summed E-state index contributed by atoms with van der Waals surface area (Å²) in [5.74, 6) is 0.0655. The molecule has 1 aromatic heterocycles. The van der Waals surface area contributed by atoms with E-state index in [1.54, 1.807) is 0 Å². The Hall–Kier alpha value is -3.07. The molecule has 4 rings (SSSR count). The van der Waals surface area contributed by atoms with Gasteiger partial charge in [-0.15, -0.1) is 0 Å². The van der Waals surface area contributed by atoms with Gasteiger partial charge in [-0.2, -0.15) is 5.26 Å². The number of benzene rings is 1. The van der Waals surface area contributed by atoms with Crippen molar-refractivity contribution in [3.05, 3.63) is 58.4 Å². The summed E-state index contributed by atoms with van der Waals surface area (Å²) < 4.78 is 5.82. The predicted molar refractivity (Wildman–Crippen MR) is 119 cm³/mol. The molecule has 2 saturated heterocycles. The summed E-state index contributed by atoms with van der Waals surface area (Å²) >= 11 is 1.17. The van der Waals surface area contributed by atoms with Crippen LogP contribution in [0.2, 0.25) is 0 Å². The maximum absolute atomic E-state index is 12.3. The molecule has 2 fully saturated rings. The van der Waals surface area contributed by atoms with Gasteiger partial charge in [-0.05, 0) is 24.0 Å².